The Morgan fingerprint density at radius 3 is 2.70 bits per heavy atom. The lowest BCUT2D eigenvalue weighted by atomic mass is 10.3. The van der Waals surface area contributed by atoms with Crippen LogP contribution >= 0.6 is 0 Å². The van der Waals surface area contributed by atoms with E-state index in [1.165, 1.54) is 20.2 Å². The number of hydrogen-bond donors (Lipinski definition) is 2. The number of methoxy groups -OCH3 is 1. The molecular weight excluding hydrogens is 262 g/mol. The first-order chi connectivity index (χ1) is 9.51. The normalized spacial score (nSPS) is 10.1. The van der Waals surface area contributed by atoms with Crippen LogP contribution in [0.2, 0.25) is 0 Å². The molecule has 0 spiro atoms. The summed E-state index contributed by atoms with van der Waals surface area (Å²) in [4.78, 5) is 22.9. The Labute approximate surface area is 114 Å². The Morgan fingerprint density at radius 2 is 2.10 bits per heavy atom. The van der Waals surface area contributed by atoms with Gasteiger partial charge < -0.3 is 15.2 Å². The molecule has 0 saturated heterocycles. The fourth-order valence-corrected chi connectivity index (χ4v) is 1.67. The minimum absolute atomic E-state index is 0.0349. The second kappa shape index (κ2) is 5.43. The number of rotatable bonds is 4. The maximum Gasteiger partial charge on any atom is 0.354 e. The molecule has 0 atom stereocenters. The van der Waals surface area contributed by atoms with Crippen LogP contribution in [0.4, 0.5) is 5.69 Å². The van der Waals surface area contributed by atoms with Crippen LogP contribution in [0.25, 0.3) is 0 Å². The van der Waals surface area contributed by atoms with Crippen molar-refractivity contribution >= 4 is 17.6 Å². The first-order valence-electron chi connectivity index (χ1n) is 5.74. The number of benzene rings is 1. The lowest BCUT2D eigenvalue weighted by molar-refractivity contribution is 0.0685. The van der Waals surface area contributed by atoms with Crippen molar-refractivity contribution in [3.8, 4) is 5.75 Å². The van der Waals surface area contributed by atoms with Crippen molar-refractivity contribution in [2.24, 2.45) is 7.05 Å². The van der Waals surface area contributed by atoms with Gasteiger partial charge in [0.15, 0.2) is 5.69 Å². The van der Waals surface area contributed by atoms with E-state index in [9.17, 15) is 9.59 Å². The molecule has 0 aliphatic rings. The molecule has 20 heavy (non-hydrogen) atoms. The van der Waals surface area contributed by atoms with Crippen molar-refractivity contribution in [3.63, 3.8) is 0 Å². The van der Waals surface area contributed by atoms with Crippen molar-refractivity contribution in [2.75, 3.05) is 12.4 Å². The van der Waals surface area contributed by atoms with Gasteiger partial charge in [0, 0.05) is 24.9 Å². The van der Waals surface area contributed by atoms with E-state index in [2.05, 4.69) is 10.4 Å². The molecule has 2 aromatic rings. The zero-order valence-corrected chi connectivity index (χ0v) is 11.0. The molecule has 0 fully saturated rings. The van der Waals surface area contributed by atoms with Crippen molar-refractivity contribution in [1.29, 1.82) is 0 Å². The Morgan fingerprint density at radius 1 is 1.35 bits per heavy atom. The minimum atomic E-state index is -1.14. The first-order valence-corrected chi connectivity index (χ1v) is 5.74. The Bertz CT molecular complexity index is 663. The highest BCUT2D eigenvalue weighted by Gasteiger charge is 2.16. The second-order valence-electron chi connectivity index (χ2n) is 4.03. The monoisotopic (exact) mass is 275 g/mol. The van der Waals surface area contributed by atoms with Gasteiger partial charge in [-0.05, 0) is 12.1 Å². The number of hydrogen-bond acceptors (Lipinski definition) is 4. The summed E-state index contributed by atoms with van der Waals surface area (Å²) in [5, 5.41) is 15.4. The smallest absolute Gasteiger partial charge is 0.354 e. The second-order valence-corrected chi connectivity index (χ2v) is 4.03. The maximum absolute atomic E-state index is 12.0. The summed E-state index contributed by atoms with van der Waals surface area (Å²) in [5.41, 5.74) is 0.519. The van der Waals surface area contributed by atoms with Gasteiger partial charge in [-0.1, -0.05) is 6.07 Å². The molecule has 0 saturated carbocycles. The fraction of sp³-hybridized carbons (Fsp3) is 0.154. The Hall–Kier alpha value is -2.83. The highest BCUT2D eigenvalue weighted by molar-refractivity contribution is 6.04. The lowest BCUT2D eigenvalue weighted by Gasteiger charge is -2.05. The predicted octanol–water partition coefficient (Wildman–Crippen LogP) is 1.38. The molecule has 0 aliphatic heterocycles. The van der Waals surface area contributed by atoms with E-state index in [-0.39, 0.29) is 11.4 Å². The molecule has 1 amide bonds. The molecule has 2 N–H and O–H groups in total. The highest BCUT2D eigenvalue weighted by atomic mass is 16.5. The molecule has 7 heteroatoms. The Kier molecular flexibility index (Phi) is 3.69. The zero-order valence-electron chi connectivity index (χ0n) is 11.0. The van der Waals surface area contributed by atoms with Gasteiger partial charge in [-0.25, -0.2) is 4.79 Å². The number of carbonyl (C=O) groups is 2. The molecule has 1 heterocycles. The van der Waals surface area contributed by atoms with Crippen LogP contribution in [0, 0.1) is 0 Å². The topological polar surface area (TPSA) is 93.5 Å². The maximum atomic E-state index is 12.0. The number of nitrogens with one attached hydrogen (secondary N) is 1. The van der Waals surface area contributed by atoms with Gasteiger partial charge in [0.05, 0.1) is 7.11 Å². The number of anilines is 1. The lowest BCUT2D eigenvalue weighted by Crippen LogP contribution is -2.13. The first kappa shape index (κ1) is 13.6. The molecule has 104 valence electrons. The summed E-state index contributed by atoms with van der Waals surface area (Å²) in [6.07, 6.45) is 0. The van der Waals surface area contributed by atoms with Gasteiger partial charge >= 0.3 is 5.97 Å². The zero-order chi connectivity index (χ0) is 14.7. The van der Waals surface area contributed by atoms with Gasteiger partial charge in [0.2, 0.25) is 0 Å². The van der Waals surface area contributed by atoms with E-state index in [1.54, 1.807) is 24.3 Å². The third-order valence-electron chi connectivity index (χ3n) is 2.66. The van der Waals surface area contributed by atoms with Gasteiger partial charge in [-0.2, -0.15) is 5.10 Å². The molecule has 1 aromatic carbocycles. The SMILES string of the molecule is COc1cccc(NC(=O)c2cc(C(=O)O)n(C)n2)c1. The van der Waals surface area contributed by atoms with Crippen LogP contribution in [0.3, 0.4) is 0 Å². The van der Waals surface area contributed by atoms with Crippen LogP contribution in [0.15, 0.2) is 30.3 Å². The number of carbonyl (C=O) groups excluding carboxylic acids is 1. The number of amides is 1. The van der Waals surface area contributed by atoms with Crippen LogP contribution in [-0.4, -0.2) is 33.9 Å². The van der Waals surface area contributed by atoms with E-state index in [1.807, 2.05) is 0 Å². The summed E-state index contributed by atoms with van der Waals surface area (Å²) in [6.45, 7) is 0. The number of carboxylic acids is 1. The molecule has 0 bridgehead atoms. The molecular formula is C13H13N3O4. The summed E-state index contributed by atoms with van der Waals surface area (Å²) < 4.78 is 6.19. The summed E-state index contributed by atoms with van der Waals surface area (Å²) in [5.74, 6) is -1.02. The number of nitrogens with zero attached hydrogens (tertiary/aromatic N) is 2. The quantitative estimate of drug-likeness (QED) is 0.879. The fourth-order valence-electron chi connectivity index (χ4n) is 1.67. The van der Waals surface area contributed by atoms with E-state index < -0.39 is 11.9 Å². The molecule has 2 rings (SSSR count). The minimum Gasteiger partial charge on any atom is -0.497 e. The van der Waals surface area contributed by atoms with Gasteiger partial charge in [-0.3, -0.25) is 9.48 Å². The highest BCUT2D eigenvalue weighted by Crippen LogP contribution is 2.17. The molecule has 0 unspecified atom stereocenters. The van der Waals surface area contributed by atoms with E-state index in [4.69, 9.17) is 9.84 Å². The largest absolute Gasteiger partial charge is 0.497 e. The molecule has 1 aromatic heterocycles. The van der Waals surface area contributed by atoms with Crippen LogP contribution in [-0.2, 0) is 7.05 Å². The molecule has 0 aliphatic carbocycles. The predicted molar refractivity (Wildman–Crippen MR) is 71.1 cm³/mol. The number of carboxylic acid groups (broad SMARTS) is 1. The summed E-state index contributed by atoms with van der Waals surface area (Å²) in [6, 6.07) is 8.05. The van der Waals surface area contributed by atoms with Crippen LogP contribution in [0.5, 0.6) is 5.75 Å². The third kappa shape index (κ3) is 2.77. The van der Waals surface area contributed by atoms with Crippen molar-refractivity contribution in [3.05, 3.63) is 41.7 Å². The summed E-state index contributed by atoms with van der Waals surface area (Å²) in [7, 11) is 2.99. The van der Waals surface area contributed by atoms with E-state index >= 15 is 0 Å². The molecule has 0 radical (unpaired) electrons. The average Bonchev–Trinajstić information content (AvgIpc) is 2.81. The average molecular weight is 275 g/mol. The van der Waals surface area contributed by atoms with Crippen LogP contribution in [0.1, 0.15) is 21.0 Å². The van der Waals surface area contributed by atoms with Gasteiger partial charge in [0.1, 0.15) is 11.4 Å². The number of aromatic carboxylic acids is 1. The Balaban J connectivity index is 2.19. The van der Waals surface area contributed by atoms with Crippen molar-refractivity contribution in [2.45, 2.75) is 0 Å². The number of aromatic nitrogens is 2. The molecule has 7 nitrogen and oxygen atoms in total. The van der Waals surface area contributed by atoms with Gasteiger partial charge in [0.25, 0.3) is 5.91 Å². The van der Waals surface area contributed by atoms with E-state index in [0.717, 1.165) is 4.68 Å². The van der Waals surface area contributed by atoms with Crippen molar-refractivity contribution in [1.82, 2.24) is 9.78 Å². The number of ether oxygens (including phenoxy) is 1. The van der Waals surface area contributed by atoms with Gasteiger partial charge in [-0.15, -0.1) is 0 Å². The van der Waals surface area contributed by atoms with Crippen molar-refractivity contribution < 1.29 is 19.4 Å². The third-order valence-corrected chi connectivity index (χ3v) is 2.66. The summed E-state index contributed by atoms with van der Waals surface area (Å²) >= 11 is 0. The standard InChI is InChI=1S/C13H13N3O4/c1-16-11(13(18)19)7-10(15-16)12(17)14-8-4-3-5-9(6-8)20-2/h3-7H,1-2H3,(H,14,17)(H,18,19). The van der Waals surface area contributed by atoms with Crippen LogP contribution < -0.4 is 10.1 Å². The number of aryl methyl sites for hydroxylation is 1. The van der Waals surface area contributed by atoms with E-state index in [0.29, 0.717) is 11.4 Å².